The molecule has 2 aromatic heterocycles. The van der Waals surface area contributed by atoms with Crippen molar-refractivity contribution >= 4 is 5.91 Å². The van der Waals surface area contributed by atoms with E-state index >= 15 is 0 Å². The summed E-state index contributed by atoms with van der Waals surface area (Å²) in [5.74, 6) is 0.967. The van der Waals surface area contributed by atoms with Crippen molar-refractivity contribution in [3.8, 4) is 0 Å². The standard InChI is InChI=1S/C19H27N3O2/c1-4-18-17(9-12-21(18)3)19(23)22(14-16-6-5-13-24-16)15-7-10-20(2)11-8-15/h5-6,9,12-13,15H,4,7-8,10-11,14H2,1-3H3. The number of aromatic nitrogens is 1. The van der Waals surface area contributed by atoms with Gasteiger partial charge in [0.2, 0.25) is 0 Å². The maximum atomic E-state index is 13.3. The quantitative estimate of drug-likeness (QED) is 0.847. The Morgan fingerprint density at radius 2 is 2.04 bits per heavy atom. The molecule has 0 aliphatic carbocycles. The molecule has 5 nitrogen and oxygen atoms in total. The Labute approximate surface area is 143 Å². The van der Waals surface area contributed by atoms with Gasteiger partial charge in [0.1, 0.15) is 5.76 Å². The number of aryl methyl sites for hydroxylation is 1. The fourth-order valence-electron chi connectivity index (χ4n) is 3.60. The van der Waals surface area contributed by atoms with Crippen LogP contribution in [0.5, 0.6) is 0 Å². The van der Waals surface area contributed by atoms with Gasteiger partial charge in [-0.3, -0.25) is 4.79 Å². The van der Waals surface area contributed by atoms with E-state index in [2.05, 4.69) is 18.9 Å². The largest absolute Gasteiger partial charge is 0.467 e. The van der Waals surface area contributed by atoms with Gasteiger partial charge >= 0.3 is 0 Å². The molecule has 1 aliphatic rings. The van der Waals surface area contributed by atoms with E-state index in [9.17, 15) is 4.79 Å². The van der Waals surface area contributed by atoms with Crippen LogP contribution in [-0.2, 0) is 20.0 Å². The number of amides is 1. The summed E-state index contributed by atoms with van der Waals surface area (Å²) < 4.78 is 7.56. The van der Waals surface area contributed by atoms with Crippen LogP contribution in [0.25, 0.3) is 0 Å². The average Bonchev–Trinajstić information content (AvgIpc) is 3.22. The van der Waals surface area contributed by atoms with Gasteiger partial charge in [0.15, 0.2) is 0 Å². The topological polar surface area (TPSA) is 41.6 Å². The first-order valence-corrected chi connectivity index (χ1v) is 8.76. The molecule has 1 fully saturated rings. The van der Waals surface area contributed by atoms with Crippen molar-refractivity contribution in [3.05, 3.63) is 47.7 Å². The second-order valence-electron chi connectivity index (χ2n) is 6.69. The molecule has 1 saturated heterocycles. The molecule has 0 N–H and O–H groups in total. The predicted octanol–water partition coefficient (Wildman–Crippen LogP) is 2.92. The van der Waals surface area contributed by atoms with Crippen LogP contribution in [0.3, 0.4) is 0 Å². The first-order valence-electron chi connectivity index (χ1n) is 8.76. The summed E-state index contributed by atoms with van der Waals surface area (Å²) >= 11 is 0. The molecule has 0 aromatic carbocycles. The summed E-state index contributed by atoms with van der Waals surface area (Å²) in [6.45, 7) is 4.70. The van der Waals surface area contributed by atoms with Gasteiger partial charge in [-0.25, -0.2) is 0 Å². The maximum Gasteiger partial charge on any atom is 0.256 e. The van der Waals surface area contributed by atoms with Gasteiger partial charge in [0.05, 0.1) is 18.4 Å². The molecular formula is C19H27N3O2. The molecule has 1 aliphatic heterocycles. The van der Waals surface area contributed by atoms with Gasteiger partial charge in [-0.1, -0.05) is 6.92 Å². The van der Waals surface area contributed by atoms with Crippen molar-refractivity contribution in [3.63, 3.8) is 0 Å². The van der Waals surface area contributed by atoms with Gasteiger partial charge < -0.3 is 18.8 Å². The lowest BCUT2D eigenvalue weighted by Gasteiger charge is -2.37. The zero-order valence-corrected chi connectivity index (χ0v) is 14.9. The number of carbonyl (C=O) groups excluding carboxylic acids is 1. The van der Waals surface area contributed by atoms with Crippen molar-refractivity contribution < 1.29 is 9.21 Å². The highest BCUT2D eigenvalue weighted by Gasteiger charge is 2.30. The molecule has 0 unspecified atom stereocenters. The molecule has 0 saturated carbocycles. The molecule has 0 spiro atoms. The lowest BCUT2D eigenvalue weighted by atomic mass is 10.0. The highest BCUT2D eigenvalue weighted by atomic mass is 16.3. The number of rotatable bonds is 5. The zero-order valence-electron chi connectivity index (χ0n) is 14.9. The van der Waals surface area contributed by atoms with Crippen molar-refractivity contribution in [1.29, 1.82) is 0 Å². The van der Waals surface area contributed by atoms with E-state index < -0.39 is 0 Å². The molecule has 24 heavy (non-hydrogen) atoms. The molecule has 0 atom stereocenters. The second-order valence-corrected chi connectivity index (χ2v) is 6.69. The first kappa shape index (κ1) is 16.8. The van der Waals surface area contributed by atoms with Crippen molar-refractivity contribution in [2.24, 2.45) is 7.05 Å². The van der Waals surface area contributed by atoms with Crippen LogP contribution in [0, 0.1) is 0 Å². The minimum absolute atomic E-state index is 0.124. The summed E-state index contributed by atoms with van der Waals surface area (Å²) in [7, 11) is 4.14. The number of carbonyl (C=O) groups is 1. The normalized spacial score (nSPS) is 16.5. The molecule has 0 radical (unpaired) electrons. The second kappa shape index (κ2) is 7.26. The van der Waals surface area contributed by atoms with E-state index in [1.54, 1.807) is 6.26 Å². The highest BCUT2D eigenvalue weighted by Crippen LogP contribution is 2.23. The first-order chi connectivity index (χ1) is 11.6. The average molecular weight is 329 g/mol. The Bertz CT molecular complexity index is 667. The van der Waals surface area contributed by atoms with Crippen molar-refractivity contribution in [1.82, 2.24) is 14.4 Å². The Balaban J connectivity index is 1.86. The Morgan fingerprint density at radius 1 is 1.29 bits per heavy atom. The van der Waals surface area contributed by atoms with E-state index in [0.717, 1.165) is 49.4 Å². The van der Waals surface area contributed by atoms with Crippen molar-refractivity contribution in [2.45, 2.75) is 38.8 Å². The third-order valence-corrected chi connectivity index (χ3v) is 5.06. The zero-order chi connectivity index (χ0) is 17.1. The molecule has 5 heteroatoms. The van der Waals surface area contributed by atoms with Gasteiger partial charge in [-0.15, -0.1) is 0 Å². The molecule has 130 valence electrons. The Morgan fingerprint density at radius 3 is 2.67 bits per heavy atom. The van der Waals surface area contributed by atoms with Crippen LogP contribution in [0.2, 0.25) is 0 Å². The summed E-state index contributed by atoms with van der Waals surface area (Å²) in [6.07, 6.45) is 6.53. The maximum absolute atomic E-state index is 13.3. The fraction of sp³-hybridized carbons (Fsp3) is 0.526. The summed E-state index contributed by atoms with van der Waals surface area (Å²) in [4.78, 5) is 17.6. The monoisotopic (exact) mass is 329 g/mol. The van der Waals surface area contributed by atoms with Gasteiger partial charge in [0.25, 0.3) is 5.91 Å². The van der Waals surface area contributed by atoms with Crippen LogP contribution < -0.4 is 0 Å². The van der Waals surface area contributed by atoms with E-state index in [0.29, 0.717) is 6.54 Å². The minimum Gasteiger partial charge on any atom is -0.467 e. The molecular weight excluding hydrogens is 302 g/mol. The SMILES string of the molecule is CCc1c(C(=O)N(Cc2ccco2)C2CCN(C)CC2)ccn1C. The molecule has 2 aromatic rings. The molecule has 3 heterocycles. The highest BCUT2D eigenvalue weighted by molar-refractivity contribution is 5.95. The van der Waals surface area contributed by atoms with Gasteiger partial charge in [-0.05, 0) is 57.6 Å². The summed E-state index contributed by atoms with van der Waals surface area (Å²) in [5.41, 5.74) is 1.92. The molecule has 0 bridgehead atoms. The van der Waals surface area contributed by atoms with Crippen molar-refractivity contribution in [2.75, 3.05) is 20.1 Å². The minimum atomic E-state index is 0.124. The third kappa shape index (κ3) is 3.41. The van der Waals surface area contributed by atoms with E-state index in [1.807, 2.05) is 40.9 Å². The lowest BCUT2D eigenvalue weighted by Crippen LogP contribution is -2.46. The Hall–Kier alpha value is -2.01. The smallest absolute Gasteiger partial charge is 0.256 e. The van der Waals surface area contributed by atoms with Crippen LogP contribution in [0.15, 0.2) is 35.1 Å². The van der Waals surface area contributed by atoms with Crippen LogP contribution >= 0.6 is 0 Å². The summed E-state index contributed by atoms with van der Waals surface area (Å²) in [6, 6.07) is 6.04. The van der Waals surface area contributed by atoms with E-state index in [1.165, 1.54) is 0 Å². The van der Waals surface area contributed by atoms with Crippen LogP contribution in [-0.4, -0.2) is 46.5 Å². The predicted molar refractivity (Wildman–Crippen MR) is 93.9 cm³/mol. The fourth-order valence-corrected chi connectivity index (χ4v) is 3.60. The number of hydrogen-bond acceptors (Lipinski definition) is 3. The molecule has 1 amide bonds. The number of likely N-dealkylation sites (tertiary alicyclic amines) is 1. The van der Waals surface area contributed by atoms with Gasteiger partial charge in [0, 0.05) is 25.0 Å². The molecule has 3 rings (SSSR count). The Kier molecular flexibility index (Phi) is 5.09. The number of piperidine rings is 1. The number of furan rings is 1. The summed E-state index contributed by atoms with van der Waals surface area (Å²) in [5, 5.41) is 0. The third-order valence-electron chi connectivity index (χ3n) is 5.06. The lowest BCUT2D eigenvalue weighted by molar-refractivity contribution is 0.0549. The number of nitrogens with zero attached hydrogens (tertiary/aromatic N) is 3. The number of hydrogen-bond donors (Lipinski definition) is 0. The van der Waals surface area contributed by atoms with Crippen LogP contribution in [0.4, 0.5) is 0 Å². The van der Waals surface area contributed by atoms with E-state index in [4.69, 9.17) is 4.42 Å². The van der Waals surface area contributed by atoms with Gasteiger partial charge in [-0.2, -0.15) is 0 Å². The van der Waals surface area contributed by atoms with Crippen LogP contribution in [0.1, 0.15) is 41.6 Å². The van der Waals surface area contributed by atoms with E-state index in [-0.39, 0.29) is 11.9 Å².